The molecule has 0 bridgehead atoms. The topological polar surface area (TPSA) is 37.4 Å². The van der Waals surface area contributed by atoms with Crippen LogP contribution in [-0.4, -0.2) is 37.6 Å². The van der Waals surface area contributed by atoms with Gasteiger partial charge in [-0.15, -0.1) is 11.3 Å². The molecule has 1 aromatic heterocycles. The Kier molecular flexibility index (Phi) is 5.73. The van der Waals surface area contributed by atoms with E-state index < -0.39 is 0 Å². The van der Waals surface area contributed by atoms with Crippen molar-refractivity contribution in [1.29, 1.82) is 0 Å². The maximum atomic E-state index is 5.32. The molecule has 0 radical (unpaired) electrons. The van der Waals surface area contributed by atoms with Crippen LogP contribution < -0.4 is 10.1 Å². The fourth-order valence-electron chi connectivity index (χ4n) is 2.27. The lowest BCUT2D eigenvalue weighted by atomic mass is 10.1. The van der Waals surface area contributed by atoms with Crippen molar-refractivity contribution in [3.8, 4) is 5.75 Å². The van der Waals surface area contributed by atoms with E-state index in [0.29, 0.717) is 6.04 Å². The van der Waals surface area contributed by atoms with Crippen molar-refractivity contribution in [2.75, 3.05) is 27.7 Å². The number of benzene rings is 1. The van der Waals surface area contributed by atoms with Gasteiger partial charge >= 0.3 is 0 Å². The van der Waals surface area contributed by atoms with Gasteiger partial charge < -0.3 is 15.0 Å². The molecule has 2 aromatic rings. The van der Waals surface area contributed by atoms with Crippen molar-refractivity contribution in [2.24, 2.45) is 0 Å². The number of nitrogens with zero attached hydrogens (tertiary/aromatic N) is 2. The van der Waals surface area contributed by atoms with Crippen LogP contribution in [0.15, 0.2) is 30.5 Å². The summed E-state index contributed by atoms with van der Waals surface area (Å²) in [5.74, 6) is 0.900. The zero-order valence-corrected chi connectivity index (χ0v) is 13.9. The summed E-state index contributed by atoms with van der Waals surface area (Å²) >= 11 is 1.74. The van der Waals surface area contributed by atoms with Crippen molar-refractivity contribution in [2.45, 2.75) is 19.5 Å². The van der Waals surface area contributed by atoms with Crippen molar-refractivity contribution >= 4 is 11.3 Å². The number of aryl methyl sites for hydroxylation is 1. The molecule has 0 saturated carbocycles. The molecule has 0 saturated heterocycles. The zero-order valence-electron chi connectivity index (χ0n) is 13.1. The normalized spacial score (nSPS) is 12.6. The van der Waals surface area contributed by atoms with Gasteiger partial charge in [0.25, 0.3) is 0 Å². The molecule has 1 unspecified atom stereocenters. The first kappa shape index (κ1) is 15.9. The second-order valence-electron chi connectivity index (χ2n) is 5.23. The second kappa shape index (κ2) is 7.54. The Bertz CT molecular complexity index is 568. The number of nitrogens with one attached hydrogen (secondary N) is 1. The van der Waals surface area contributed by atoms with Crippen LogP contribution in [-0.2, 0) is 6.54 Å². The molecule has 1 aromatic carbocycles. The maximum absolute atomic E-state index is 5.32. The molecule has 1 atom stereocenters. The van der Waals surface area contributed by atoms with Crippen LogP contribution in [0.1, 0.15) is 21.5 Å². The molecule has 0 aliphatic carbocycles. The van der Waals surface area contributed by atoms with Crippen LogP contribution >= 0.6 is 11.3 Å². The zero-order chi connectivity index (χ0) is 15.2. The van der Waals surface area contributed by atoms with Gasteiger partial charge in [-0.05, 0) is 38.7 Å². The highest BCUT2D eigenvalue weighted by atomic mass is 32.1. The maximum Gasteiger partial charge on any atom is 0.119 e. The van der Waals surface area contributed by atoms with Crippen LogP contribution in [0, 0.1) is 6.92 Å². The average Bonchev–Trinajstić information content (AvgIpc) is 2.89. The molecule has 0 aliphatic heterocycles. The quantitative estimate of drug-likeness (QED) is 0.853. The highest BCUT2D eigenvalue weighted by Crippen LogP contribution is 2.22. The number of aromatic nitrogens is 1. The molecule has 1 N–H and O–H groups in total. The first-order valence-corrected chi connectivity index (χ1v) is 7.84. The number of rotatable bonds is 7. The third kappa shape index (κ3) is 4.52. The molecule has 21 heavy (non-hydrogen) atoms. The third-order valence-corrected chi connectivity index (χ3v) is 4.32. The molecule has 5 heteroatoms. The SMILES string of the molecule is COc1cccc(C(CNCc2cnc(C)s2)N(C)C)c1. The molecule has 114 valence electrons. The summed E-state index contributed by atoms with van der Waals surface area (Å²) in [7, 11) is 5.90. The number of ether oxygens (including phenoxy) is 1. The summed E-state index contributed by atoms with van der Waals surface area (Å²) in [6, 6.07) is 8.57. The van der Waals surface area contributed by atoms with E-state index in [-0.39, 0.29) is 0 Å². The summed E-state index contributed by atoms with van der Waals surface area (Å²) in [4.78, 5) is 7.78. The molecule has 2 rings (SSSR count). The number of hydrogen-bond acceptors (Lipinski definition) is 5. The Morgan fingerprint density at radius 2 is 2.19 bits per heavy atom. The second-order valence-corrected chi connectivity index (χ2v) is 6.55. The lowest BCUT2D eigenvalue weighted by Gasteiger charge is -2.25. The van der Waals surface area contributed by atoms with Gasteiger partial charge in [0, 0.05) is 30.2 Å². The molecule has 4 nitrogen and oxygen atoms in total. The van der Waals surface area contributed by atoms with Gasteiger partial charge in [-0.3, -0.25) is 0 Å². The first-order valence-electron chi connectivity index (χ1n) is 7.02. The monoisotopic (exact) mass is 305 g/mol. The van der Waals surface area contributed by atoms with Crippen LogP contribution in [0.3, 0.4) is 0 Å². The van der Waals surface area contributed by atoms with Gasteiger partial charge in [0.15, 0.2) is 0 Å². The molecule has 0 amide bonds. The first-order chi connectivity index (χ1) is 10.1. The minimum absolute atomic E-state index is 0.314. The lowest BCUT2D eigenvalue weighted by Crippen LogP contribution is -2.30. The van der Waals surface area contributed by atoms with Gasteiger partial charge in [-0.2, -0.15) is 0 Å². The van der Waals surface area contributed by atoms with Crippen LogP contribution in [0.2, 0.25) is 0 Å². The molecule has 0 fully saturated rings. The van der Waals surface area contributed by atoms with E-state index in [0.717, 1.165) is 23.8 Å². The molecule has 1 heterocycles. The Balaban J connectivity index is 1.98. The van der Waals surface area contributed by atoms with Gasteiger partial charge in [-0.25, -0.2) is 4.98 Å². The minimum Gasteiger partial charge on any atom is -0.497 e. The van der Waals surface area contributed by atoms with Gasteiger partial charge in [0.2, 0.25) is 0 Å². The van der Waals surface area contributed by atoms with Gasteiger partial charge in [-0.1, -0.05) is 12.1 Å². The summed E-state index contributed by atoms with van der Waals surface area (Å²) < 4.78 is 5.32. The predicted octanol–water partition coefficient (Wildman–Crippen LogP) is 2.85. The summed E-state index contributed by atoms with van der Waals surface area (Å²) in [6.45, 7) is 3.78. The Hall–Kier alpha value is -1.43. The Morgan fingerprint density at radius 1 is 1.38 bits per heavy atom. The highest BCUT2D eigenvalue weighted by Gasteiger charge is 2.14. The third-order valence-electron chi connectivity index (χ3n) is 3.41. The Morgan fingerprint density at radius 3 is 2.81 bits per heavy atom. The molecular formula is C16H23N3OS. The summed E-state index contributed by atoms with van der Waals surface area (Å²) in [5.41, 5.74) is 1.26. The smallest absolute Gasteiger partial charge is 0.119 e. The minimum atomic E-state index is 0.314. The van der Waals surface area contributed by atoms with E-state index >= 15 is 0 Å². The van der Waals surface area contributed by atoms with Gasteiger partial charge in [0.05, 0.1) is 12.1 Å². The van der Waals surface area contributed by atoms with Crippen molar-refractivity contribution in [3.05, 3.63) is 45.9 Å². The van der Waals surface area contributed by atoms with Crippen LogP contribution in [0.5, 0.6) is 5.75 Å². The fourth-order valence-corrected chi connectivity index (χ4v) is 3.03. The molecule has 0 aliphatic rings. The summed E-state index contributed by atoms with van der Waals surface area (Å²) in [6.07, 6.45) is 1.95. The average molecular weight is 305 g/mol. The number of likely N-dealkylation sites (N-methyl/N-ethyl adjacent to an activating group) is 1. The van der Waals surface area contributed by atoms with Crippen molar-refractivity contribution in [3.63, 3.8) is 0 Å². The fraction of sp³-hybridized carbons (Fsp3) is 0.438. The van der Waals surface area contributed by atoms with E-state index in [9.17, 15) is 0 Å². The van der Waals surface area contributed by atoms with Crippen LogP contribution in [0.25, 0.3) is 0 Å². The standard InChI is InChI=1S/C16H23N3OS/c1-12-18-10-15(21-12)9-17-11-16(19(2)3)13-6-5-7-14(8-13)20-4/h5-8,10,16-17H,9,11H2,1-4H3. The number of thiazole rings is 1. The van der Waals surface area contributed by atoms with Crippen molar-refractivity contribution in [1.82, 2.24) is 15.2 Å². The van der Waals surface area contributed by atoms with E-state index in [2.05, 4.69) is 41.4 Å². The Labute approximate surface area is 130 Å². The molecule has 0 spiro atoms. The van der Waals surface area contributed by atoms with Gasteiger partial charge in [0.1, 0.15) is 5.75 Å². The van der Waals surface area contributed by atoms with Crippen molar-refractivity contribution < 1.29 is 4.74 Å². The molecular weight excluding hydrogens is 282 g/mol. The number of methoxy groups -OCH3 is 1. The largest absolute Gasteiger partial charge is 0.497 e. The highest BCUT2D eigenvalue weighted by molar-refractivity contribution is 7.11. The predicted molar refractivity (Wildman–Crippen MR) is 88.0 cm³/mol. The van der Waals surface area contributed by atoms with E-state index in [1.165, 1.54) is 10.4 Å². The number of hydrogen-bond donors (Lipinski definition) is 1. The summed E-state index contributed by atoms with van der Waals surface area (Å²) in [5, 5.41) is 4.63. The van der Waals surface area contributed by atoms with Crippen LogP contribution in [0.4, 0.5) is 0 Å². The van der Waals surface area contributed by atoms with E-state index in [4.69, 9.17) is 4.74 Å². The van der Waals surface area contributed by atoms with E-state index in [1.54, 1.807) is 18.4 Å². The lowest BCUT2D eigenvalue weighted by molar-refractivity contribution is 0.287. The van der Waals surface area contributed by atoms with E-state index in [1.807, 2.05) is 25.3 Å².